The number of thiophene rings is 1. The highest BCUT2D eigenvalue weighted by Crippen LogP contribution is 2.35. The summed E-state index contributed by atoms with van der Waals surface area (Å²) in [6.45, 7) is 6.42. The molecule has 0 amide bonds. The van der Waals surface area contributed by atoms with Gasteiger partial charge in [0, 0.05) is 32.6 Å². The third-order valence-corrected chi connectivity index (χ3v) is 9.45. The molecule has 0 fully saturated rings. The third kappa shape index (κ3) is 4.86. The van der Waals surface area contributed by atoms with Gasteiger partial charge in [0.05, 0.1) is 29.0 Å². The Balaban J connectivity index is 1.56. The highest BCUT2D eigenvalue weighted by molar-refractivity contribution is 7.10. The summed E-state index contributed by atoms with van der Waals surface area (Å²) in [6, 6.07) is 18.0. The Hall–Kier alpha value is -4.08. The van der Waals surface area contributed by atoms with Crippen molar-refractivity contribution in [3.63, 3.8) is 0 Å². The maximum Gasteiger partial charge on any atom is 0.338 e. The number of para-hydroxylation sites is 1. The fourth-order valence-electron chi connectivity index (χ4n) is 5.61. The number of thiazole rings is 1. The van der Waals surface area contributed by atoms with E-state index in [1.807, 2.05) is 67.8 Å². The van der Waals surface area contributed by atoms with Crippen molar-refractivity contribution in [1.29, 1.82) is 0 Å². The lowest BCUT2D eigenvalue weighted by Gasteiger charge is -2.24. The lowest BCUT2D eigenvalue weighted by molar-refractivity contribution is -0.139. The van der Waals surface area contributed by atoms with Crippen LogP contribution in [-0.2, 0) is 16.1 Å². The molecule has 6 nitrogen and oxygen atoms in total. The van der Waals surface area contributed by atoms with Crippen molar-refractivity contribution >= 4 is 45.6 Å². The van der Waals surface area contributed by atoms with Crippen LogP contribution in [0.2, 0.25) is 0 Å². The van der Waals surface area contributed by atoms with Crippen LogP contribution in [-0.4, -0.2) is 21.7 Å². The summed E-state index contributed by atoms with van der Waals surface area (Å²) in [4.78, 5) is 33.8. The molecular weight excluding hydrogens is 570 g/mol. The van der Waals surface area contributed by atoms with Crippen molar-refractivity contribution in [1.82, 2.24) is 9.13 Å². The minimum atomic E-state index is -0.604. The SMILES string of the molecule is CCCC1=C(C(=O)OCC)[C@@H](c2cccs2)n2c(s/c(=C\c3c(C)n(Cc4ccccc4F)c4ccccc34)c2=O)=N1. The molecule has 0 saturated heterocycles. The molecule has 1 aliphatic heterocycles. The number of benzene rings is 2. The van der Waals surface area contributed by atoms with Crippen molar-refractivity contribution < 1.29 is 13.9 Å². The van der Waals surface area contributed by atoms with Crippen molar-refractivity contribution in [2.24, 2.45) is 4.99 Å². The summed E-state index contributed by atoms with van der Waals surface area (Å²) in [5.41, 5.74) is 4.27. The summed E-state index contributed by atoms with van der Waals surface area (Å²) in [5.74, 6) is -0.692. The number of hydrogen-bond donors (Lipinski definition) is 0. The first-order valence-electron chi connectivity index (χ1n) is 14.0. The smallest absolute Gasteiger partial charge is 0.338 e. The van der Waals surface area contributed by atoms with Crippen LogP contribution in [0.15, 0.2) is 87.1 Å². The molecule has 4 heterocycles. The van der Waals surface area contributed by atoms with Gasteiger partial charge in [-0.3, -0.25) is 9.36 Å². The molecule has 0 radical (unpaired) electrons. The second-order valence-electron chi connectivity index (χ2n) is 10.1. The number of halogens is 1. The van der Waals surface area contributed by atoms with Crippen LogP contribution in [0.1, 0.15) is 54.4 Å². The van der Waals surface area contributed by atoms with E-state index in [9.17, 15) is 14.0 Å². The van der Waals surface area contributed by atoms with Crippen LogP contribution in [0.25, 0.3) is 17.0 Å². The van der Waals surface area contributed by atoms with Gasteiger partial charge < -0.3 is 9.30 Å². The molecule has 1 aliphatic rings. The molecule has 214 valence electrons. The lowest BCUT2D eigenvalue weighted by Crippen LogP contribution is -2.39. The molecule has 1 atom stereocenters. The Kier molecular flexibility index (Phi) is 7.79. The quantitative estimate of drug-likeness (QED) is 0.203. The van der Waals surface area contributed by atoms with E-state index in [0.717, 1.165) is 33.5 Å². The number of hydrogen-bond acceptors (Lipinski definition) is 6. The maximum atomic E-state index is 14.6. The molecule has 0 unspecified atom stereocenters. The van der Waals surface area contributed by atoms with Gasteiger partial charge in [-0.2, -0.15) is 0 Å². The van der Waals surface area contributed by atoms with Gasteiger partial charge in [-0.25, -0.2) is 14.2 Å². The molecule has 0 spiro atoms. The van der Waals surface area contributed by atoms with Gasteiger partial charge in [-0.1, -0.05) is 67.1 Å². The fourth-order valence-corrected chi connectivity index (χ4v) is 7.43. The lowest BCUT2D eigenvalue weighted by atomic mass is 9.99. The number of esters is 1. The standard InChI is InChI=1S/C33H30FN3O3S2/c1-4-11-25-29(32(39)40-5-2)30(27-16-10-17-41-27)37-31(38)28(42-33(37)35-25)18-23-20(3)36(26-15-9-7-13-22(23)26)19-21-12-6-8-14-24(21)34/h6-10,12-18,30H,4-5,11,19H2,1-3H3/b28-18-/t30-/m1/s1. The van der Waals surface area contributed by atoms with Gasteiger partial charge in [0.1, 0.15) is 11.9 Å². The Morgan fingerprint density at radius 1 is 1.10 bits per heavy atom. The molecule has 3 aromatic heterocycles. The number of carbonyl (C=O) groups excluding carboxylic acids is 1. The van der Waals surface area contributed by atoms with E-state index in [1.165, 1.54) is 28.7 Å². The summed E-state index contributed by atoms with van der Waals surface area (Å²) in [5, 5.41) is 2.92. The normalized spacial score (nSPS) is 15.2. The zero-order chi connectivity index (χ0) is 29.4. The molecule has 0 aliphatic carbocycles. The van der Waals surface area contributed by atoms with Gasteiger partial charge in [0.25, 0.3) is 5.56 Å². The van der Waals surface area contributed by atoms with Gasteiger partial charge in [-0.15, -0.1) is 11.3 Å². The number of allylic oxidation sites excluding steroid dienone is 1. The third-order valence-electron chi connectivity index (χ3n) is 7.55. The molecule has 9 heteroatoms. The van der Waals surface area contributed by atoms with E-state index in [1.54, 1.807) is 23.6 Å². The van der Waals surface area contributed by atoms with Gasteiger partial charge in [0.15, 0.2) is 4.80 Å². The average Bonchev–Trinajstić information content (AvgIpc) is 3.69. The number of rotatable bonds is 8. The number of ether oxygens (including phenoxy) is 1. The van der Waals surface area contributed by atoms with Crippen molar-refractivity contribution in [2.75, 3.05) is 6.61 Å². The first-order valence-corrected chi connectivity index (χ1v) is 15.7. The number of nitrogens with zero attached hydrogens (tertiary/aromatic N) is 3. The molecule has 0 saturated carbocycles. The number of fused-ring (bicyclic) bond motifs is 2. The Morgan fingerprint density at radius 3 is 2.62 bits per heavy atom. The predicted molar refractivity (Wildman–Crippen MR) is 166 cm³/mol. The summed E-state index contributed by atoms with van der Waals surface area (Å²) >= 11 is 2.83. The van der Waals surface area contributed by atoms with E-state index in [-0.39, 0.29) is 18.0 Å². The zero-order valence-corrected chi connectivity index (χ0v) is 25.2. The van der Waals surface area contributed by atoms with Crippen LogP contribution in [0, 0.1) is 12.7 Å². The van der Waals surface area contributed by atoms with E-state index >= 15 is 0 Å². The fraction of sp³-hybridized carbons (Fsp3) is 0.242. The monoisotopic (exact) mass is 599 g/mol. The van der Waals surface area contributed by atoms with Crippen LogP contribution in [0.4, 0.5) is 4.39 Å². The molecule has 0 bridgehead atoms. The Morgan fingerprint density at radius 2 is 1.88 bits per heavy atom. The van der Waals surface area contributed by atoms with E-state index < -0.39 is 12.0 Å². The van der Waals surface area contributed by atoms with Gasteiger partial charge >= 0.3 is 5.97 Å². The second kappa shape index (κ2) is 11.7. The minimum Gasteiger partial charge on any atom is -0.463 e. The second-order valence-corrected chi connectivity index (χ2v) is 12.1. The van der Waals surface area contributed by atoms with E-state index in [0.29, 0.717) is 39.1 Å². The van der Waals surface area contributed by atoms with Crippen LogP contribution >= 0.6 is 22.7 Å². The predicted octanol–water partition coefficient (Wildman–Crippen LogP) is 6.09. The topological polar surface area (TPSA) is 65.6 Å². The van der Waals surface area contributed by atoms with E-state index in [2.05, 4.69) is 4.57 Å². The number of carbonyl (C=O) groups is 1. The highest BCUT2D eigenvalue weighted by Gasteiger charge is 2.35. The number of aromatic nitrogens is 2. The first-order chi connectivity index (χ1) is 20.4. The van der Waals surface area contributed by atoms with Crippen molar-refractivity contribution in [3.05, 3.63) is 125 Å². The first kappa shape index (κ1) is 28.1. The highest BCUT2D eigenvalue weighted by atomic mass is 32.1. The zero-order valence-electron chi connectivity index (χ0n) is 23.6. The largest absolute Gasteiger partial charge is 0.463 e. The minimum absolute atomic E-state index is 0.208. The molecular formula is C33H30FN3O3S2. The molecule has 2 aromatic carbocycles. The summed E-state index contributed by atoms with van der Waals surface area (Å²) < 4.78 is 24.3. The molecule has 42 heavy (non-hydrogen) atoms. The average molecular weight is 600 g/mol. The molecule has 5 aromatic rings. The van der Waals surface area contributed by atoms with Crippen molar-refractivity contribution in [2.45, 2.75) is 46.2 Å². The van der Waals surface area contributed by atoms with Crippen LogP contribution < -0.4 is 14.9 Å². The van der Waals surface area contributed by atoms with Crippen LogP contribution in [0.5, 0.6) is 0 Å². The van der Waals surface area contributed by atoms with Crippen LogP contribution in [0.3, 0.4) is 0 Å². The van der Waals surface area contributed by atoms with E-state index in [4.69, 9.17) is 9.73 Å². The Labute approximate surface area is 250 Å². The van der Waals surface area contributed by atoms with Crippen molar-refractivity contribution in [3.8, 4) is 0 Å². The molecule has 6 rings (SSSR count). The summed E-state index contributed by atoms with van der Waals surface area (Å²) in [6.07, 6.45) is 3.32. The van der Waals surface area contributed by atoms with Gasteiger partial charge in [0.2, 0.25) is 0 Å². The van der Waals surface area contributed by atoms with Gasteiger partial charge in [-0.05, 0) is 49.9 Å². The maximum absolute atomic E-state index is 14.6. The molecule has 0 N–H and O–H groups in total. The summed E-state index contributed by atoms with van der Waals surface area (Å²) in [7, 11) is 0. The Bertz CT molecular complexity index is 2020.